The molecule has 21 heavy (non-hydrogen) atoms. The minimum absolute atomic E-state index is 0.266. The molecule has 0 bridgehead atoms. The van der Waals surface area contributed by atoms with Gasteiger partial charge < -0.3 is 9.47 Å². The van der Waals surface area contributed by atoms with E-state index in [1.54, 1.807) is 0 Å². The number of hydrogen-bond acceptors (Lipinski definition) is 2. The Kier molecular flexibility index (Phi) is 4.48. The zero-order valence-corrected chi connectivity index (χ0v) is 15.0. The van der Waals surface area contributed by atoms with Crippen molar-refractivity contribution in [2.45, 2.75) is 56.8 Å². The molecule has 0 N–H and O–H groups in total. The summed E-state index contributed by atoms with van der Waals surface area (Å²) in [5, 5.41) is 0.307. The molecule has 1 aromatic carbocycles. The Morgan fingerprint density at radius 3 is 2.43 bits per heavy atom. The fourth-order valence-corrected chi connectivity index (χ4v) is 5.29. The number of epoxide rings is 1. The van der Waals surface area contributed by atoms with E-state index in [-0.39, 0.29) is 5.60 Å². The Bertz CT molecular complexity index is 490. The molecule has 1 saturated heterocycles. The highest BCUT2D eigenvalue weighted by molar-refractivity contribution is 6.82. The van der Waals surface area contributed by atoms with Crippen LogP contribution in [0.5, 0.6) is 0 Å². The van der Waals surface area contributed by atoms with Crippen molar-refractivity contribution in [1.82, 2.24) is 0 Å². The fraction of sp³-hybridized carbons (Fsp3) is 0.556. The Labute approximate surface area is 130 Å². The maximum atomic E-state index is 6.10. The Morgan fingerprint density at radius 1 is 1.29 bits per heavy atom. The lowest BCUT2D eigenvalue weighted by atomic mass is 10.2. The molecule has 2 rings (SSSR count). The van der Waals surface area contributed by atoms with E-state index < -0.39 is 8.07 Å². The van der Waals surface area contributed by atoms with Crippen molar-refractivity contribution in [3.05, 3.63) is 48.6 Å². The second-order valence-electron chi connectivity index (χ2n) is 7.61. The molecule has 0 aliphatic carbocycles. The first-order valence-corrected chi connectivity index (χ1v) is 10.7. The summed E-state index contributed by atoms with van der Waals surface area (Å²) in [5.41, 5.74) is 1.23. The van der Waals surface area contributed by atoms with Gasteiger partial charge in [0, 0.05) is 0 Å². The number of benzene rings is 1. The van der Waals surface area contributed by atoms with E-state index in [4.69, 9.17) is 9.47 Å². The van der Waals surface area contributed by atoms with Gasteiger partial charge in [-0.25, -0.2) is 0 Å². The summed E-state index contributed by atoms with van der Waals surface area (Å²) < 4.78 is 12.0. The van der Waals surface area contributed by atoms with Crippen LogP contribution in [0.3, 0.4) is 0 Å². The summed E-state index contributed by atoms with van der Waals surface area (Å²) in [6.45, 7) is 17.0. The highest BCUT2D eigenvalue weighted by Gasteiger charge is 2.64. The molecule has 3 heteroatoms. The predicted octanol–water partition coefficient (Wildman–Crippen LogP) is 4.57. The molecule has 0 aromatic heterocycles. The third kappa shape index (κ3) is 3.31. The zero-order valence-electron chi connectivity index (χ0n) is 14.0. The van der Waals surface area contributed by atoms with E-state index in [1.165, 1.54) is 5.56 Å². The minimum atomic E-state index is -1.53. The van der Waals surface area contributed by atoms with Gasteiger partial charge in [-0.15, -0.1) is 6.58 Å². The van der Waals surface area contributed by atoms with Crippen LogP contribution in [0.25, 0.3) is 0 Å². The van der Waals surface area contributed by atoms with Crippen LogP contribution in [0.2, 0.25) is 18.1 Å². The molecule has 1 heterocycles. The molecule has 1 aliphatic heterocycles. The van der Waals surface area contributed by atoms with Gasteiger partial charge in [0.15, 0.2) is 0 Å². The van der Waals surface area contributed by atoms with Crippen molar-refractivity contribution in [3.63, 3.8) is 0 Å². The predicted molar refractivity (Wildman–Crippen MR) is 91.1 cm³/mol. The standard InChI is InChI=1S/C18H28O2Si/c1-7-18(14-19-13-15-11-9-8-10-12-15)16(20-18)21(5,6)17(2,3)4/h7-12,16H,1,13-14H2,2-6H3/t16-,18-/m1/s1. The highest BCUT2D eigenvalue weighted by Crippen LogP contribution is 2.52. The summed E-state index contributed by atoms with van der Waals surface area (Å²) in [6.07, 6.45) is 1.95. The molecule has 1 aromatic rings. The highest BCUT2D eigenvalue weighted by atomic mass is 28.3. The van der Waals surface area contributed by atoms with Gasteiger partial charge in [-0.2, -0.15) is 0 Å². The van der Waals surface area contributed by atoms with Gasteiger partial charge in [-0.05, 0) is 10.6 Å². The van der Waals surface area contributed by atoms with Crippen molar-refractivity contribution in [3.8, 4) is 0 Å². The third-order valence-electron chi connectivity index (χ3n) is 5.10. The number of rotatable bonds is 6. The molecule has 0 unspecified atom stereocenters. The van der Waals surface area contributed by atoms with Gasteiger partial charge in [0.1, 0.15) is 5.60 Å². The normalized spacial score (nSPS) is 25.7. The van der Waals surface area contributed by atoms with Crippen molar-refractivity contribution in [2.75, 3.05) is 6.61 Å². The lowest BCUT2D eigenvalue weighted by Crippen LogP contribution is -2.47. The smallest absolute Gasteiger partial charge is 0.132 e. The maximum absolute atomic E-state index is 6.10. The molecule has 0 saturated carbocycles. The van der Waals surface area contributed by atoms with Crippen molar-refractivity contribution in [1.29, 1.82) is 0 Å². The van der Waals surface area contributed by atoms with E-state index in [1.807, 2.05) is 24.3 Å². The second-order valence-corrected chi connectivity index (χ2v) is 13.1. The van der Waals surface area contributed by atoms with Gasteiger partial charge in [0.2, 0.25) is 0 Å². The largest absolute Gasteiger partial charge is 0.373 e. The van der Waals surface area contributed by atoms with Crippen LogP contribution in [-0.2, 0) is 16.1 Å². The monoisotopic (exact) mass is 304 g/mol. The van der Waals surface area contributed by atoms with Crippen LogP contribution in [-0.4, -0.2) is 26.0 Å². The third-order valence-corrected chi connectivity index (χ3v) is 10.9. The zero-order chi connectivity index (χ0) is 15.7. The number of ether oxygens (including phenoxy) is 2. The number of hydrogen-bond donors (Lipinski definition) is 0. The Hall–Kier alpha value is -0.903. The van der Waals surface area contributed by atoms with Gasteiger partial charge in [-0.3, -0.25) is 0 Å². The summed E-state index contributed by atoms with van der Waals surface area (Å²) in [6, 6.07) is 10.3. The van der Waals surface area contributed by atoms with E-state index >= 15 is 0 Å². The van der Waals surface area contributed by atoms with Crippen LogP contribution < -0.4 is 0 Å². The molecule has 0 radical (unpaired) electrons. The van der Waals surface area contributed by atoms with Crippen LogP contribution in [0.1, 0.15) is 26.3 Å². The Balaban J connectivity index is 1.95. The average Bonchev–Trinajstić information content (AvgIpc) is 3.15. The van der Waals surface area contributed by atoms with E-state index in [9.17, 15) is 0 Å². The first-order valence-electron chi connectivity index (χ1n) is 7.66. The molecule has 116 valence electrons. The average molecular weight is 305 g/mol. The van der Waals surface area contributed by atoms with Crippen molar-refractivity contribution in [2.24, 2.45) is 0 Å². The fourth-order valence-electron chi connectivity index (χ4n) is 2.56. The van der Waals surface area contributed by atoms with Gasteiger partial charge >= 0.3 is 0 Å². The van der Waals surface area contributed by atoms with Crippen LogP contribution >= 0.6 is 0 Å². The van der Waals surface area contributed by atoms with Gasteiger partial charge in [0.05, 0.1) is 27.0 Å². The minimum Gasteiger partial charge on any atom is -0.373 e. The lowest BCUT2D eigenvalue weighted by molar-refractivity contribution is 0.0836. The van der Waals surface area contributed by atoms with Crippen molar-refractivity contribution >= 4 is 8.07 Å². The maximum Gasteiger partial charge on any atom is 0.132 e. The Morgan fingerprint density at radius 2 is 1.90 bits per heavy atom. The van der Waals surface area contributed by atoms with Crippen LogP contribution in [0, 0.1) is 0 Å². The van der Waals surface area contributed by atoms with E-state index in [0.717, 1.165) is 0 Å². The molecule has 0 amide bonds. The molecular weight excluding hydrogens is 276 g/mol. The van der Waals surface area contributed by atoms with E-state index in [2.05, 4.69) is 52.6 Å². The summed E-state index contributed by atoms with van der Waals surface area (Å²) in [4.78, 5) is 0. The first kappa shape index (κ1) is 16.5. The summed E-state index contributed by atoms with van der Waals surface area (Å²) in [7, 11) is -1.53. The van der Waals surface area contributed by atoms with Crippen molar-refractivity contribution < 1.29 is 9.47 Å². The molecule has 2 atom stereocenters. The topological polar surface area (TPSA) is 21.8 Å². The lowest BCUT2D eigenvalue weighted by Gasteiger charge is -2.36. The van der Waals surface area contributed by atoms with Gasteiger partial charge in [-0.1, -0.05) is 70.3 Å². The summed E-state index contributed by atoms with van der Waals surface area (Å²) >= 11 is 0. The molecule has 1 fully saturated rings. The molecule has 0 spiro atoms. The molecular formula is C18H28O2Si. The SMILES string of the molecule is C=C[C@]1(COCc2ccccc2)O[C@@H]1[Si](C)(C)C(C)(C)C. The summed E-state index contributed by atoms with van der Waals surface area (Å²) in [5.74, 6) is 0. The molecule has 1 aliphatic rings. The van der Waals surface area contributed by atoms with E-state index in [0.29, 0.717) is 24.0 Å². The molecule has 2 nitrogen and oxygen atoms in total. The second kappa shape index (κ2) is 5.71. The first-order chi connectivity index (χ1) is 9.73. The quantitative estimate of drug-likeness (QED) is 0.436. The van der Waals surface area contributed by atoms with Crippen LogP contribution in [0.4, 0.5) is 0 Å². The van der Waals surface area contributed by atoms with Gasteiger partial charge in [0.25, 0.3) is 0 Å². The van der Waals surface area contributed by atoms with Crippen LogP contribution in [0.15, 0.2) is 43.0 Å².